The van der Waals surface area contributed by atoms with Gasteiger partial charge < -0.3 is 14.0 Å². The molecule has 0 unspecified atom stereocenters. The predicted molar refractivity (Wildman–Crippen MR) is 74.8 cm³/mol. The van der Waals surface area contributed by atoms with Crippen LogP contribution in [0.2, 0.25) is 0 Å². The maximum absolute atomic E-state index is 5.76. The molecule has 4 nitrogen and oxygen atoms in total. The third-order valence-corrected chi connectivity index (χ3v) is 2.92. The topological polar surface area (TPSA) is 36.3 Å². The summed E-state index contributed by atoms with van der Waals surface area (Å²) in [6, 6.07) is 7.68. The highest BCUT2D eigenvalue weighted by Gasteiger charge is 2.07. The molecule has 2 rings (SSSR count). The lowest BCUT2D eigenvalue weighted by molar-refractivity contribution is 0.277. The van der Waals surface area contributed by atoms with Crippen LogP contribution in [0.4, 0.5) is 0 Å². The number of para-hydroxylation sites is 2. The van der Waals surface area contributed by atoms with E-state index in [0.29, 0.717) is 12.5 Å². The van der Waals surface area contributed by atoms with Gasteiger partial charge >= 0.3 is 0 Å². The molecular weight excluding hydrogens is 240 g/mol. The Balaban J connectivity index is 1.95. The first-order valence-electron chi connectivity index (χ1n) is 6.49. The van der Waals surface area contributed by atoms with Crippen molar-refractivity contribution in [2.45, 2.75) is 26.3 Å². The number of hydrogen-bond donors (Lipinski definition) is 0. The predicted octanol–water partition coefficient (Wildman–Crippen LogP) is 3.09. The third-order valence-electron chi connectivity index (χ3n) is 2.92. The molecule has 1 heterocycles. The van der Waals surface area contributed by atoms with Gasteiger partial charge in [-0.3, -0.25) is 0 Å². The van der Waals surface area contributed by atoms with Gasteiger partial charge in [-0.05, 0) is 12.1 Å². The van der Waals surface area contributed by atoms with Crippen molar-refractivity contribution < 1.29 is 9.47 Å². The van der Waals surface area contributed by atoms with Crippen molar-refractivity contribution in [2.75, 3.05) is 13.7 Å². The quantitative estimate of drug-likeness (QED) is 0.800. The molecule has 19 heavy (non-hydrogen) atoms. The van der Waals surface area contributed by atoms with Crippen molar-refractivity contribution in [3.63, 3.8) is 0 Å². The number of aromatic nitrogens is 2. The van der Waals surface area contributed by atoms with E-state index in [9.17, 15) is 0 Å². The second-order valence-electron chi connectivity index (χ2n) is 4.63. The molecule has 0 spiro atoms. The highest BCUT2D eigenvalue weighted by Crippen LogP contribution is 2.25. The SMILES string of the molecule is COc1ccccc1OCCn1ccnc1C(C)C. The van der Waals surface area contributed by atoms with E-state index in [1.165, 1.54) is 0 Å². The molecule has 1 aromatic heterocycles. The zero-order valence-corrected chi connectivity index (χ0v) is 11.7. The summed E-state index contributed by atoms with van der Waals surface area (Å²) in [5.74, 6) is 3.04. The minimum Gasteiger partial charge on any atom is -0.493 e. The molecule has 0 saturated heterocycles. The Morgan fingerprint density at radius 1 is 1.21 bits per heavy atom. The van der Waals surface area contributed by atoms with Crippen LogP contribution in [0.3, 0.4) is 0 Å². The minimum atomic E-state index is 0.418. The van der Waals surface area contributed by atoms with E-state index < -0.39 is 0 Å². The smallest absolute Gasteiger partial charge is 0.161 e. The summed E-state index contributed by atoms with van der Waals surface area (Å²) in [5.41, 5.74) is 0. The second kappa shape index (κ2) is 6.27. The van der Waals surface area contributed by atoms with Gasteiger partial charge in [-0.1, -0.05) is 26.0 Å². The fourth-order valence-corrected chi connectivity index (χ4v) is 2.00. The van der Waals surface area contributed by atoms with E-state index in [2.05, 4.69) is 23.4 Å². The molecule has 0 fully saturated rings. The minimum absolute atomic E-state index is 0.418. The molecule has 102 valence electrons. The molecule has 0 saturated carbocycles. The second-order valence-corrected chi connectivity index (χ2v) is 4.63. The van der Waals surface area contributed by atoms with Crippen LogP contribution in [0.15, 0.2) is 36.7 Å². The highest BCUT2D eigenvalue weighted by atomic mass is 16.5. The summed E-state index contributed by atoms with van der Waals surface area (Å²) in [4.78, 5) is 4.36. The van der Waals surface area contributed by atoms with Crippen LogP contribution in [0.1, 0.15) is 25.6 Å². The number of ether oxygens (including phenoxy) is 2. The van der Waals surface area contributed by atoms with Gasteiger partial charge in [0.15, 0.2) is 11.5 Å². The Bertz CT molecular complexity index is 520. The third kappa shape index (κ3) is 3.28. The number of hydrogen-bond acceptors (Lipinski definition) is 3. The molecule has 0 N–H and O–H groups in total. The van der Waals surface area contributed by atoms with Gasteiger partial charge in [-0.2, -0.15) is 0 Å². The number of methoxy groups -OCH3 is 1. The lowest BCUT2D eigenvalue weighted by Crippen LogP contribution is -2.11. The average molecular weight is 260 g/mol. The van der Waals surface area contributed by atoms with E-state index >= 15 is 0 Å². The zero-order valence-electron chi connectivity index (χ0n) is 11.7. The van der Waals surface area contributed by atoms with Gasteiger partial charge in [-0.15, -0.1) is 0 Å². The number of imidazole rings is 1. The van der Waals surface area contributed by atoms with Crippen molar-refractivity contribution in [1.29, 1.82) is 0 Å². The zero-order chi connectivity index (χ0) is 13.7. The van der Waals surface area contributed by atoms with E-state index in [1.54, 1.807) is 7.11 Å². The van der Waals surface area contributed by atoms with Gasteiger partial charge in [0.1, 0.15) is 12.4 Å². The molecule has 4 heteroatoms. The van der Waals surface area contributed by atoms with Crippen LogP contribution in [0.5, 0.6) is 11.5 Å². The summed E-state index contributed by atoms with van der Waals surface area (Å²) in [6.07, 6.45) is 3.82. The van der Waals surface area contributed by atoms with Crippen molar-refractivity contribution in [1.82, 2.24) is 9.55 Å². The van der Waals surface area contributed by atoms with Crippen LogP contribution < -0.4 is 9.47 Å². The molecule has 0 aliphatic heterocycles. The maximum Gasteiger partial charge on any atom is 0.161 e. The molecule has 0 aliphatic rings. The van der Waals surface area contributed by atoms with Gasteiger partial charge in [0.05, 0.1) is 13.7 Å². The van der Waals surface area contributed by atoms with Crippen molar-refractivity contribution in [3.05, 3.63) is 42.5 Å². The first-order valence-corrected chi connectivity index (χ1v) is 6.49. The lowest BCUT2D eigenvalue weighted by Gasteiger charge is -2.13. The van der Waals surface area contributed by atoms with Crippen LogP contribution >= 0.6 is 0 Å². The van der Waals surface area contributed by atoms with E-state index in [1.807, 2.05) is 36.7 Å². The van der Waals surface area contributed by atoms with E-state index in [4.69, 9.17) is 9.47 Å². The largest absolute Gasteiger partial charge is 0.493 e. The van der Waals surface area contributed by atoms with Crippen LogP contribution in [-0.4, -0.2) is 23.3 Å². The summed E-state index contributed by atoms with van der Waals surface area (Å²) < 4.78 is 13.1. The van der Waals surface area contributed by atoms with E-state index in [-0.39, 0.29) is 0 Å². The number of nitrogens with zero attached hydrogens (tertiary/aromatic N) is 2. The van der Waals surface area contributed by atoms with Gasteiger partial charge in [-0.25, -0.2) is 4.98 Å². The van der Waals surface area contributed by atoms with Gasteiger partial charge in [0.25, 0.3) is 0 Å². The van der Waals surface area contributed by atoms with Crippen LogP contribution in [-0.2, 0) is 6.54 Å². The van der Waals surface area contributed by atoms with Crippen molar-refractivity contribution >= 4 is 0 Å². The molecule has 2 aromatic rings. The first kappa shape index (κ1) is 13.5. The Kier molecular flexibility index (Phi) is 4.44. The van der Waals surface area contributed by atoms with E-state index in [0.717, 1.165) is 23.9 Å². The van der Waals surface area contributed by atoms with Crippen molar-refractivity contribution in [2.24, 2.45) is 0 Å². The molecule has 0 radical (unpaired) electrons. The molecule has 0 aliphatic carbocycles. The summed E-state index contributed by atoms with van der Waals surface area (Å²) in [6.45, 7) is 5.65. The Morgan fingerprint density at radius 2 is 1.95 bits per heavy atom. The molecule has 0 amide bonds. The fourth-order valence-electron chi connectivity index (χ4n) is 2.00. The fraction of sp³-hybridized carbons (Fsp3) is 0.400. The first-order chi connectivity index (χ1) is 9.22. The molecule has 1 aromatic carbocycles. The molecular formula is C15H20N2O2. The summed E-state index contributed by atoms with van der Waals surface area (Å²) >= 11 is 0. The molecule has 0 bridgehead atoms. The Labute approximate surface area is 114 Å². The van der Waals surface area contributed by atoms with Crippen molar-refractivity contribution in [3.8, 4) is 11.5 Å². The summed E-state index contributed by atoms with van der Waals surface area (Å²) in [7, 11) is 1.65. The normalized spacial score (nSPS) is 10.7. The standard InChI is InChI=1S/C15H20N2O2/c1-12(2)15-16-8-9-17(15)10-11-19-14-7-5-4-6-13(14)18-3/h4-9,12H,10-11H2,1-3H3. The Morgan fingerprint density at radius 3 is 2.63 bits per heavy atom. The average Bonchev–Trinajstić information content (AvgIpc) is 2.88. The van der Waals surface area contributed by atoms with Gasteiger partial charge in [0, 0.05) is 18.3 Å². The maximum atomic E-state index is 5.76. The highest BCUT2D eigenvalue weighted by molar-refractivity contribution is 5.39. The molecule has 0 atom stereocenters. The lowest BCUT2D eigenvalue weighted by atomic mass is 10.2. The van der Waals surface area contributed by atoms with Crippen LogP contribution in [0.25, 0.3) is 0 Å². The monoisotopic (exact) mass is 260 g/mol. The number of benzene rings is 1. The Hall–Kier alpha value is -1.97. The number of rotatable bonds is 6. The summed E-state index contributed by atoms with van der Waals surface area (Å²) in [5, 5.41) is 0. The van der Waals surface area contributed by atoms with Gasteiger partial charge in [0.2, 0.25) is 0 Å². The van der Waals surface area contributed by atoms with Crippen LogP contribution in [0, 0.1) is 0 Å².